The predicted molar refractivity (Wildman–Crippen MR) is 140 cm³/mol. The molecule has 2 bridgehead atoms. The highest BCUT2D eigenvalue weighted by atomic mass is 32.2. The second kappa shape index (κ2) is 10.6. The lowest BCUT2D eigenvalue weighted by atomic mass is 9.98. The van der Waals surface area contributed by atoms with Crippen molar-refractivity contribution in [3.05, 3.63) is 95.1 Å². The average Bonchev–Trinajstić information content (AvgIpc) is 3.17. The summed E-state index contributed by atoms with van der Waals surface area (Å²) in [4.78, 5) is 16.9. The third-order valence-corrected chi connectivity index (χ3v) is 8.33. The van der Waals surface area contributed by atoms with Crippen molar-refractivity contribution in [2.45, 2.75) is 67.9 Å². The average molecular weight is 483 g/mol. The number of thioether (sulfide) groups is 1. The lowest BCUT2D eigenvalue weighted by Crippen LogP contribution is -2.49. The number of hydrogen-bond donors (Lipinski definition) is 0. The van der Waals surface area contributed by atoms with E-state index in [9.17, 15) is 4.79 Å². The quantitative estimate of drug-likeness (QED) is 0.355. The number of piperidine rings is 1. The van der Waals surface area contributed by atoms with Crippen molar-refractivity contribution < 1.29 is 9.53 Å². The molecule has 0 N–H and O–H groups in total. The number of benzene rings is 3. The number of rotatable bonds is 7. The normalized spacial score (nSPS) is 20.9. The lowest BCUT2D eigenvalue weighted by molar-refractivity contribution is 0.0359. The van der Waals surface area contributed by atoms with Crippen molar-refractivity contribution in [2.24, 2.45) is 0 Å². The third kappa shape index (κ3) is 5.23. The van der Waals surface area contributed by atoms with E-state index in [2.05, 4.69) is 54.3 Å². The smallest absolute Gasteiger partial charge is 0.254 e. The maximum atomic E-state index is 13.4. The fourth-order valence-corrected chi connectivity index (χ4v) is 6.46. The van der Waals surface area contributed by atoms with Gasteiger partial charge < -0.3 is 9.64 Å². The summed E-state index contributed by atoms with van der Waals surface area (Å²) in [6.45, 7) is 2.19. The molecular weight excluding hydrogens is 452 g/mol. The maximum Gasteiger partial charge on any atom is 0.254 e. The molecule has 5 rings (SSSR count). The van der Waals surface area contributed by atoms with E-state index in [0.29, 0.717) is 5.56 Å². The first-order valence-corrected chi connectivity index (χ1v) is 13.4. The van der Waals surface area contributed by atoms with Gasteiger partial charge in [0.1, 0.15) is 11.9 Å². The standard InChI is InChI=1S/C30H30N2O2S/c1-2-23-7-3-4-9-29(23)35-20-21-10-12-24(13-11-21)30(33)32-25-14-15-26(32)18-28(17-25)34-27-8-5-6-22(16-27)19-31/h3-13,16,25-26,28H,2,14-15,17-18,20H2,1H3/t25-,26-/m0/s1. The van der Waals surface area contributed by atoms with Crippen LogP contribution in [-0.2, 0) is 12.2 Å². The molecule has 0 spiro atoms. The molecule has 0 unspecified atom stereocenters. The van der Waals surface area contributed by atoms with Crippen molar-refractivity contribution in [3.63, 3.8) is 0 Å². The van der Waals surface area contributed by atoms with Gasteiger partial charge in [-0.05, 0) is 66.8 Å². The van der Waals surface area contributed by atoms with Crippen molar-refractivity contribution in [1.82, 2.24) is 4.90 Å². The van der Waals surface area contributed by atoms with Crippen molar-refractivity contribution >= 4 is 17.7 Å². The van der Waals surface area contributed by atoms with Gasteiger partial charge in [0.05, 0.1) is 11.6 Å². The number of carbonyl (C=O) groups excluding carboxylic acids is 1. The second-order valence-electron chi connectivity index (χ2n) is 9.40. The minimum absolute atomic E-state index is 0.0795. The van der Waals surface area contributed by atoms with Gasteiger partial charge in [-0.3, -0.25) is 4.79 Å². The molecule has 2 aliphatic rings. The number of fused-ring (bicyclic) bond motifs is 2. The fourth-order valence-electron chi connectivity index (χ4n) is 5.38. The molecule has 4 nitrogen and oxygen atoms in total. The van der Waals surface area contributed by atoms with Gasteiger partial charge in [0, 0.05) is 41.1 Å². The van der Waals surface area contributed by atoms with E-state index < -0.39 is 0 Å². The Morgan fingerprint density at radius 3 is 2.49 bits per heavy atom. The molecule has 2 saturated heterocycles. The monoisotopic (exact) mass is 482 g/mol. The maximum absolute atomic E-state index is 13.4. The van der Waals surface area contributed by atoms with E-state index >= 15 is 0 Å². The summed E-state index contributed by atoms with van der Waals surface area (Å²) < 4.78 is 6.22. The van der Waals surface area contributed by atoms with Crippen LogP contribution in [0.4, 0.5) is 0 Å². The molecule has 5 heteroatoms. The summed E-state index contributed by atoms with van der Waals surface area (Å²) in [5.41, 5.74) is 3.98. The highest BCUT2D eigenvalue weighted by molar-refractivity contribution is 7.98. The Hall–Kier alpha value is -3.23. The zero-order valence-corrected chi connectivity index (χ0v) is 20.8. The van der Waals surface area contributed by atoms with Crippen LogP contribution in [0.2, 0.25) is 0 Å². The predicted octanol–water partition coefficient (Wildman–Crippen LogP) is 6.63. The minimum atomic E-state index is 0.0795. The summed E-state index contributed by atoms with van der Waals surface area (Å²) in [7, 11) is 0. The van der Waals surface area contributed by atoms with Gasteiger partial charge in [0.25, 0.3) is 5.91 Å². The van der Waals surface area contributed by atoms with Gasteiger partial charge >= 0.3 is 0 Å². The van der Waals surface area contributed by atoms with Crippen LogP contribution >= 0.6 is 11.8 Å². The Morgan fingerprint density at radius 1 is 1.03 bits per heavy atom. The van der Waals surface area contributed by atoms with E-state index in [1.54, 1.807) is 12.1 Å². The van der Waals surface area contributed by atoms with Gasteiger partial charge in [-0.25, -0.2) is 0 Å². The van der Waals surface area contributed by atoms with Crippen LogP contribution in [-0.4, -0.2) is 29.0 Å². The number of ether oxygens (including phenoxy) is 1. The van der Waals surface area contributed by atoms with Crippen LogP contribution in [0.25, 0.3) is 0 Å². The van der Waals surface area contributed by atoms with Crippen LogP contribution in [0.1, 0.15) is 59.7 Å². The van der Waals surface area contributed by atoms with E-state index in [0.717, 1.165) is 49.2 Å². The van der Waals surface area contributed by atoms with Gasteiger partial charge in [0.15, 0.2) is 0 Å². The van der Waals surface area contributed by atoms with E-state index in [1.807, 2.05) is 36.0 Å². The second-order valence-corrected chi connectivity index (χ2v) is 10.4. The van der Waals surface area contributed by atoms with Gasteiger partial charge in [-0.15, -0.1) is 11.8 Å². The molecule has 3 aromatic rings. The van der Waals surface area contributed by atoms with E-state index in [-0.39, 0.29) is 24.1 Å². The molecule has 2 aliphatic heterocycles. The largest absolute Gasteiger partial charge is 0.490 e. The molecule has 35 heavy (non-hydrogen) atoms. The zero-order chi connectivity index (χ0) is 24.2. The summed E-state index contributed by atoms with van der Waals surface area (Å²) in [5.74, 6) is 1.77. The molecule has 1 amide bonds. The Labute approximate surface area is 211 Å². The molecule has 0 radical (unpaired) electrons. The number of nitriles is 1. The number of amides is 1. The Kier molecular flexibility index (Phi) is 7.11. The van der Waals surface area contributed by atoms with Crippen LogP contribution in [0, 0.1) is 11.3 Å². The Balaban J connectivity index is 1.20. The molecule has 3 aromatic carbocycles. The van der Waals surface area contributed by atoms with E-state index in [4.69, 9.17) is 10.00 Å². The first-order valence-electron chi connectivity index (χ1n) is 12.4. The van der Waals surface area contributed by atoms with Gasteiger partial charge in [0.2, 0.25) is 0 Å². The molecule has 0 saturated carbocycles. The molecule has 0 aliphatic carbocycles. The van der Waals surface area contributed by atoms with Crippen LogP contribution in [0.3, 0.4) is 0 Å². The topological polar surface area (TPSA) is 53.3 Å². The Morgan fingerprint density at radius 2 is 1.77 bits per heavy atom. The number of hydrogen-bond acceptors (Lipinski definition) is 4. The summed E-state index contributed by atoms with van der Waals surface area (Å²) >= 11 is 1.85. The highest BCUT2D eigenvalue weighted by Gasteiger charge is 2.44. The van der Waals surface area contributed by atoms with Crippen LogP contribution < -0.4 is 4.74 Å². The number of aryl methyl sites for hydroxylation is 1. The summed E-state index contributed by atoms with van der Waals surface area (Å²) in [5, 5.41) is 9.14. The van der Waals surface area contributed by atoms with Crippen molar-refractivity contribution in [2.75, 3.05) is 0 Å². The van der Waals surface area contributed by atoms with E-state index in [1.165, 1.54) is 16.0 Å². The molecule has 0 aromatic heterocycles. The van der Waals surface area contributed by atoms with Gasteiger partial charge in [-0.1, -0.05) is 43.3 Å². The number of nitrogens with zero attached hydrogens (tertiary/aromatic N) is 2. The van der Waals surface area contributed by atoms with Gasteiger partial charge in [-0.2, -0.15) is 5.26 Å². The summed E-state index contributed by atoms with van der Waals surface area (Å²) in [6, 6.07) is 26.6. The first kappa shape index (κ1) is 23.5. The van der Waals surface area contributed by atoms with Crippen LogP contribution in [0.15, 0.2) is 77.7 Å². The third-order valence-electron chi connectivity index (χ3n) is 7.14. The first-order chi connectivity index (χ1) is 17.1. The van der Waals surface area contributed by atoms with Crippen molar-refractivity contribution in [1.29, 1.82) is 5.26 Å². The zero-order valence-electron chi connectivity index (χ0n) is 20.0. The Bertz CT molecular complexity index is 1220. The molecule has 2 fully saturated rings. The molecule has 2 atom stereocenters. The molecular formula is C30H30N2O2S. The minimum Gasteiger partial charge on any atom is -0.490 e. The summed E-state index contributed by atoms with van der Waals surface area (Å²) in [6.07, 6.45) is 4.85. The SMILES string of the molecule is CCc1ccccc1SCc1ccc(C(=O)N2[C@H]3CC[C@H]2CC(Oc2cccc(C#N)c2)C3)cc1. The van der Waals surface area contributed by atoms with Crippen LogP contribution in [0.5, 0.6) is 5.75 Å². The fraction of sp³-hybridized carbons (Fsp3) is 0.333. The lowest BCUT2D eigenvalue weighted by Gasteiger charge is -2.39. The highest BCUT2D eigenvalue weighted by Crippen LogP contribution is 2.38. The molecule has 178 valence electrons. The number of carbonyl (C=O) groups is 1. The van der Waals surface area contributed by atoms with Crippen molar-refractivity contribution in [3.8, 4) is 11.8 Å². The molecule has 2 heterocycles.